The lowest BCUT2D eigenvalue weighted by Crippen LogP contribution is -2.40. The molecule has 2 nitrogen and oxygen atoms in total. The molecule has 82 valence electrons. The van der Waals surface area contributed by atoms with E-state index in [0.717, 1.165) is 13.1 Å². The van der Waals surface area contributed by atoms with Crippen molar-refractivity contribution in [3.8, 4) is 0 Å². The van der Waals surface area contributed by atoms with Crippen LogP contribution in [0.1, 0.15) is 44.9 Å². The Morgan fingerprint density at radius 2 is 1.64 bits per heavy atom. The van der Waals surface area contributed by atoms with Crippen LogP contribution in [0.15, 0.2) is 0 Å². The minimum Gasteiger partial charge on any atom is -0.393 e. The topological polar surface area (TPSA) is 32.3 Å². The first-order valence-electron chi connectivity index (χ1n) is 6.26. The van der Waals surface area contributed by atoms with Gasteiger partial charge >= 0.3 is 0 Å². The van der Waals surface area contributed by atoms with E-state index in [1.165, 1.54) is 44.9 Å². The molecule has 0 radical (unpaired) electrons. The molecule has 0 aromatic heterocycles. The average molecular weight is 197 g/mol. The van der Waals surface area contributed by atoms with E-state index in [1.807, 2.05) is 0 Å². The molecule has 2 fully saturated rings. The van der Waals surface area contributed by atoms with E-state index in [4.69, 9.17) is 0 Å². The molecular weight excluding hydrogens is 174 g/mol. The van der Waals surface area contributed by atoms with Gasteiger partial charge in [0.1, 0.15) is 0 Å². The highest BCUT2D eigenvalue weighted by Gasteiger charge is 2.29. The second-order valence-electron chi connectivity index (χ2n) is 5.00. The van der Waals surface area contributed by atoms with Gasteiger partial charge in [0.05, 0.1) is 6.10 Å². The van der Waals surface area contributed by atoms with Gasteiger partial charge in [0.15, 0.2) is 0 Å². The Bertz CT molecular complexity index is 142. The Morgan fingerprint density at radius 3 is 2.29 bits per heavy atom. The van der Waals surface area contributed by atoms with E-state index in [9.17, 15) is 5.11 Å². The number of hydrogen-bond acceptors (Lipinski definition) is 2. The quantitative estimate of drug-likeness (QED) is 0.709. The molecule has 2 N–H and O–H groups in total. The van der Waals surface area contributed by atoms with Crippen molar-refractivity contribution in [2.45, 2.75) is 51.0 Å². The smallest absolute Gasteiger partial charge is 0.0608 e. The summed E-state index contributed by atoms with van der Waals surface area (Å²) in [5.74, 6) is 1.14. The third kappa shape index (κ3) is 2.48. The van der Waals surface area contributed by atoms with Crippen LogP contribution in [-0.4, -0.2) is 24.3 Å². The summed E-state index contributed by atoms with van der Waals surface area (Å²) >= 11 is 0. The minimum absolute atomic E-state index is 0.0249. The molecule has 0 bridgehead atoms. The van der Waals surface area contributed by atoms with Crippen LogP contribution in [-0.2, 0) is 0 Å². The van der Waals surface area contributed by atoms with Gasteiger partial charge in [-0.25, -0.2) is 0 Å². The van der Waals surface area contributed by atoms with E-state index in [-0.39, 0.29) is 6.10 Å². The van der Waals surface area contributed by atoms with E-state index < -0.39 is 0 Å². The fourth-order valence-corrected chi connectivity index (χ4v) is 3.03. The predicted molar refractivity (Wildman–Crippen MR) is 58.2 cm³/mol. The highest BCUT2D eigenvalue weighted by Crippen LogP contribution is 2.31. The summed E-state index contributed by atoms with van der Waals surface area (Å²) in [6.45, 7) is 2.19. The molecule has 1 aliphatic carbocycles. The lowest BCUT2D eigenvalue weighted by molar-refractivity contribution is 0.0238. The fraction of sp³-hybridized carbons (Fsp3) is 1.00. The average Bonchev–Trinajstić information content (AvgIpc) is 2.30. The van der Waals surface area contributed by atoms with Crippen molar-refractivity contribution < 1.29 is 5.11 Å². The second-order valence-corrected chi connectivity index (χ2v) is 5.00. The molecule has 14 heavy (non-hydrogen) atoms. The largest absolute Gasteiger partial charge is 0.393 e. The molecule has 0 amide bonds. The number of piperidine rings is 1. The highest BCUT2D eigenvalue weighted by atomic mass is 16.3. The van der Waals surface area contributed by atoms with Crippen molar-refractivity contribution in [3.63, 3.8) is 0 Å². The van der Waals surface area contributed by atoms with Crippen LogP contribution in [0.2, 0.25) is 0 Å². The van der Waals surface area contributed by atoms with Crippen molar-refractivity contribution in [1.82, 2.24) is 5.32 Å². The molecular formula is C12H23NO. The van der Waals surface area contributed by atoms with Gasteiger partial charge in [0, 0.05) is 6.54 Å². The number of aliphatic hydroxyl groups is 1. The standard InChI is InChI=1S/C12H23NO/c14-12(10-5-2-1-3-6-10)11-7-4-8-13-9-11/h10-14H,1-9H2. The van der Waals surface area contributed by atoms with Crippen molar-refractivity contribution in [2.75, 3.05) is 13.1 Å². The maximum atomic E-state index is 10.3. The summed E-state index contributed by atoms with van der Waals surface area (Å²) in [5.41, 5.74) is 0. The zero-order valence-corrected chi connectivity index (χ0v) is 9.04. The van der Waals surface area contributed by atoms with Crippen LogP contribution in [0.3, 0.4) is 0 Å². The van der Waals surface area contributed by atoms with Crippen LogP contribution in [0.4, 0.5) is 0 Å². The maximum absolute atomic E-state index is 10.3. The molecule has 0 aromatic rings. The van der Waals surface area contributed by atoms with Gasteiger partial charge in [-0.2, -0.15) is 0 Å². The number of nitrogens with one attached hydrogen (secondary N) is 1. The lowest BCUT2D eigenvalue weighted by atomic mass is 9.78. The summed E-state index contributed by atoms with van der Waals surface area (Å²) in [5, 5.41) is 13.7. The summed E-state index contributed by atoms with van der Waals surface area (Å²) in [4.78, 5) is 0. The Morgan fingerprint density at radius 1 is 0.929 bits per heavy atom. The molecule has 2 rings (SSSR count). The predicted octanol–water partition coefficient (Wildman–Crippen LogP) is 1.93. The molecule has 1 saturated carbocycles. The number of hydrogen-bond donors (Lipinski definition) is 2. The van der Waals surface area contributed by atoms with Gasteiger partial charge < -0.3 is 10.4 Å². The van der Waals surface area contributed by atoms with E-state index in [0.29, 0.717) is 11.8 Å². The molecule has 2 heteroatoms. The highest BCUT2D eigenvalue weighted by molar-refractivity contribution is 4.82. The zero-order chi connectivity index (χ0) is 9.80. The lowest BCUT2D eigenvalue weighted by Gasteiger charge is -2.34. The zero-order valence-electron chi connectivity index (χ0n) is 9.04. The van der Waals surface area contributed by atoms with Gasteiger partial charge in [-0.3, -0.25) is 0 Å². The van der Waals surface area contributed by atoms with E-state index in [2.05, 4.69) is 5.32 Å². The monoisotopic (exact) mass is 197 g/mol. The Balaban J connectivity index is 1.82. The van der Waals surface area contributed by atoms with Crippen molar-refractivity contribution in [3.05, 3.63) is 0 Å². The molecule has 1 heterocycles. The summed E-state index contributed by atoms with van der Waals surface area (Å²) in [7, 11) is 0. The Labute approximate surface area is 87.1 Å². The van der Waals surface area contributed by atoms with Crippen LogP contribution in [0.25, 0.3) is 0 Å². The Hall–Kier alpha value is -0.0800. The van der Waals surface area contributed by atoms with Crippen molar-refractivity contribution in [1.29, 1.82) is 0 Å². The van der Waals surface area contributed by atoms with Gasteiger partial charge in [0.2, 0.25) is 0 Å². The van der Waals surface area contributed by atoms with Crippen molar-refractivity contribution >= 4 is 0 Å². The van der Waals surface area contributed by atoms with Gasteiger partial charge in [-0.1, -0.05) is 19.3 Å². The molecule has 2 unspecified atom stereocenters. The molecule has 0 spiro atoms. The third-order valence-corrected chi connectivity index (χ3v) is 3.95. The first kappa shape index (κ1) is 10.4. The maximum Gasteiger partial charge on any atom is 0.0608 e. The number of aliphatic hydroxyl groups excluding tert-OH is 1. The molecule has 2 atom stereocenters. The molecule has 1 saturated heterocycles. The van der Waals surface area contributed by atoms with Gasteiger partial charge in [-0.05, 0) is 44.1 Å². The molecule has 0 aromatic carbocycles. The Kier molecular flexibility index (Phi) is 3.82. The van der Waals surface area contributed by atoms with Gasteiger partial charge in [-0.15, -0.1) is 0 Å². The van der Waals surface area contributed by atoms with Crippen LogP contribution in [0.5, 0.6) is 0 Å². The first-order valence-corrected chi connectivity index (χ1v) is 6.26. The molecule has 1 aliphatic heterocycles. The summed E-state index contributed by atoms with van der Waals surface area (Å²) in [6.07, 6.45) is 9.02. The van der Waals surface area contributed by atoms with Crippen LogP contribution >= 0.6 is 0 Å². The van der Waals surface area contributed by atoms with Gasteiger partial charge in [0.25, 0.3) is 0 Å². The van der Waals surface area contributed by atoms with Crippen LogP contribution < -0.4 is 5.32 Å². The SMILES string of the molecule is OC(C1CCCCC1)C1CCCNC1. The fourth-order valence-electron chi connectivity index (χ4n) is 3.03. The number of rotatable bonds is 2. The first-order chi connectivity index (χ1) is 6.88. The minimum atomic E-state index is -0.0249. The molecule has 2 aliphatic rings. The summed E-state index contributed by atoms with van der Waals surface area (Å²) in [6, 6.07) is 0. The third-order valence-electron chi connectivity index (χ3n) is 3.95. The van der Waals surface area contributed by atoms with Crippen molar-refractivity contribution in [2.24, 2.45) is 11.8 Å². The van der Waals surface area contributed by atoms with E-state index in [1.54, 1.807) is 0 Å². The summed E-state index contributed by atoms with van der Waals surface area (Å²) < 4.78 is 0. The van der Waals surface area contributed by atoms with E-state index >= 15 is 0 Å². The second kappa shape index (κ2) is 5.13. The normalized spacial score (nSPS) is 32.8. The van der Waals surface area contributed by atoms with Crippen LogP contribution in [0, 0.1) is 11.8 Å².